The molecular formula is C37H50N2O4. The van der Waals surface area contributed by atoms with Crippen LogP contribution < -0.4 is 9.47 Å². The first-order chi connectivity index (χ1) is 21.0. The average Bonchev–Trinajstić information content (AvgIpc) is 3.34. The Bertz CT molecular complexity index is 1300. The molecule has 2 fully saturated rings. The molecule has 4 aliphatic rings. The molecule has 6 rings (SSSR count). The summed E-state index contributed by atoms with van der Waals surface area (Å²) < 4.78 is 12.7. The molecule has 2 aliphatic heterocycles. The summed E-state index contributed by atoms with van der Waals surface area (Å²) in [5, 5.41) is 11.3. The number of aromatic hydroxyl groups is 1. The van der Waals surface area contributed by atoms with Crippen LogP contribution >= 0.6 is 0 Å². The molecule has 0 amide bonds. The van der Waals surface area contributed by atoms with Crippen LogP contribution in [0.15, 0.2) is 49.1 Å². The zero-order valence-corrected chi connectivity index (χ0v) is 26.2. The van der Waals surface area contributed by atoms with Crippen molar-refractivity contribution in [3.8, 4) is 17.2 Å². The van der Waals surface area contributed by atoms with Crippen LogP contribution in [0, 0.1) is 5.92 Å². The van der Waals surface area contributed by atoms with Crippen molar-refractivity contribution in [1.29, 1.82) is 0 Å². The van der Waals surface area contributed by atoms with Crippen LogP contribution in [0.1, 0.15) is 88.3 Å². The van der Waals surface area contributed by atoms with Gasteiger partial charge in [0.25, 0.3) is 0 Å². The van der Waals surface area contributed by atoms with E-state index in [1.807, 2.05) is 6.08 Å². The van der Waals surface area contributed by atoms with E-state index in [2.05, 4.69) is 53.6 Å². The maximum absolute atomic E-state index is 12.1. The van der Waals surface area contributed by atoms with Crippen molar-refractivity contribution in [2.75, 3.05) is 26.2 Å². The van der Waals surface area contributed by atoms with Crippen molar-refractivity contribution in [2.24, 2.45) is 5.92 Å². The molecule has 0 aromatic heterocycles. The van der Waals surface area contributed by atoms with E-state index in [-0.39, 0.29) is 23.2 Å². The normalized spacial score (nSPS) is 27.0. The molecule has 1 saturated heterocycles. The average molecular weight is 587 g/mol. The first-order valence-electron chi connectivity index (χ1n) is 16.8. The van der Waals surface area contributed by atoms with Gasteiger partial charge in [-0.25, -0.2) is 0 Å². The lowest BCUT2D eigenvalue weighted by atomic mass is 9.50. The Hall–Kier alpha value is -2.83. The molecule has 2 aromatic carbocycles. The van der Waals surface area contributed by atoms with Gasteiger partial charge >= 0.3 is 5.97 Å². The molecule has 0 unspecified atom stereocenters. The third-order valence-corrected chi connectivity index (χ3v) is 10.9. The van der Waals surface area contributed by atoms with Crippen LogP contribution in [0.3, 0.4) is 0 Å². The fourth-order valence-electron chi connectivity index (χ4n) is 9.09. The topological polar surface area (TPSA) is 62.2 Å². The third-order valence-electron chi connectivity index (χ3n) is 10.9. The standard InChI is InChI=1S/C37H50N2O4/c1-4-6-21-39(22-13-8-7-10-14-27-15-11-9-12-16-27)30-18-17-29-31-24-28-32(41)25-33(42-26(3)40)35-34(28)37(29,36(30)43-35)19-23-38(31)20-5-2/h5,9,11-12,15-16,25,29-31,36,41H,2,4,6-8,10,13-14,17-24H2,1,3H3/t29-,30+,31+,36-,37-/m0/s1. The van der Waals surface area contributed by atoms with Crippen LogP contribution in [0.2, 0.25) is 0 Å². The highest BCUT2D eigenvalue weighted by Crippen LogP contribution is 2.65. The number of likely N-dealkylation sites (tertiary alicyclic amines) is 1. The van der Waals surface area contributed by atoms with Crippen molar-refractivity contribution < 1.29 is 19.4 Å². The Balaban J connectivity index is 1.25. The first-order valence-corrected chi connectivity index (χ1v) is 16.8. The third kappa shape index (κ3) is 5.62. The molecule has 6 heteroatoms. The highest BCUT2D eigenvalue weighted by Gasteiger charge is 2.66. The van der Waals surface area contributed by atoms with Gasteiger partial charge in [0.2, 0.25) is 0 Å². The summed E-state index contributed by atoms with van der Waals surface area (Å²) in [7, 11) is 0. The number of hydrogen-bond acceptors (Lipinski definition) is 6. The summed E-state index contributed by atoms with van der Waals surface area (Å²) in [5.41, 5.74) is 3.42. The van der Waals surface area contributed by atoms with Crippen molar-refractivity contribution in [3.63, 3.8) is 0 Å². The van der Waals surface area contributed by atoms with Gasteiger partial charge in [-0.1, -0.05) is 62.6 Å². The minimum atomic E-state index is -0.383. The number of benzene rings is 2. The number of phenolic OH excluding ortho intramolecular Hbond substituents is 1. The number of aryl methyl sites for hydroxylation is 1. The van der Waals surface area contributed by atoms with Gasteiger partial charge in [0.1, 0.15) is 11.9 Å². The van der Waals surface area contributed by atoms with E-state index in [1.165, 1.54) is 51.0 Å². The molecule has 6 nitrogen and oxygen atoms in total. The number of piperidine rings is 1. The summed E-state index contributed by atoms with van der Waals surface area (Å²) in [6, 6.07) is 13.1. The van der Waals surface area contributed by atoms with Gasteiger partial charge in [0.15, 0.2) is 11.5 Å². The lowest BCUT2D eigenvalue weighted by Crippen LogP contribution is -2.68. The van der Waals surface area contributed by atoms with Gasteiger partial charge in [0.05, 0.1) is 0 Å². The van der Waals surface area contributed by atoms with Gasteiger partial charge in [0, 0.05) is 48.2 Å². The monoisotopic (exact) mass is 586 g/mol. The lowest BCUT2D eigenvalue weighted by Gasteiger charge is -2.60. The van der Waals surface area contributed by atoms with Crippen molar-refractivity contribution in [3.05, 3.63) is 65.7 Å². The molecule has 43 heavy (non-hydrogen) atoms. The van der Waals surface area contributed by atoms with E-state index in [0.29, 0.717) is 23.8 Å². The minimum absolute atomic E-state index is 0.000254. The summed E-state index contributed by atoms with van der Waals surface area (Å²) in [4.78, 5) is 17.4. The predicted octanol–water partition coefficient (Wildman–Crippen LogP) is 6.82. The van der Waals surface area contributed by atoms with Crippen LogP contribution in [0.5, 0.6) is 17.2 Å². The predicted molar refractivity (Wildman–Crippen MR) is 171 cm³/mol. The van der Waals surface area contributed by atoms with E-state index in [1.54, 1.807) is 6.07 Å². The number of esters is 1. The zero-order valence-electron chi connectivity index (χ0n) is 26.2. The second-order valence-electron chi connectivity index (χ2n) is 13.3. The second-order valence-corrected chi connectivity index (χ2v) is 13.3. The Morgan fingerprint density at radius 2 is 1.95 bits per heavy atom. The zero-order chi connectivity index (χ0) is 30.0. The highest BCUT2D eigenvalue weighted by atomic mass is 16.6. The molecule has 0 radical (unpaired) electrons. The number of unbranched alkanes of at least 4 members (excludes halogenated alkanes) is 4. The molecule has 2 aliphatic carbocycles. The van der Waals surface area contributed by atoms with Crippen molar-refractivity contribution in [2.45, 2.75) is 108 Å². The Labute approximate surface area is 258 Å². The van der Waals surface area contributed by atoms with Gasteiger partial charge in [-0.2, -0.15) is 0 Å². The fourth-order valence-corrected chi connectivity index (χ4v) is 9.09. The number of carbonyl (C=O) groups excluding carboxylic acids is 1. The fraction of sp³-hybridized carbons (Fsp3) is 0.595. The molecular weight excluding hydrogens is 536 g/mol. The first kappa shape index (κ1) is 30.2. The minimum Gasteiger partial charge on any atom is -0.508 e. The number of nitrogens with zero attached hydrogens (tertiary/aromatic N) is 2. The van der Waals surface area contributed by atoms with Crippen molar-refractivity contribution >= 4 is 5.97 Å². The van der Waals surface area contributed by atoms with Gasteiger partial charge in [-0.15, -0.1) is 6.58 Å². The number of hydrogen-bond donors (Lipinski definition) is 1. The molecule has 1 spiro atoms. The highest BCUT2D eigenvalue weighted by molar-refractivity contribution is 5.73. The van der Waals surface area contributed by atoms with Crippen LogP contribution in [0.4, 0.5) is 0 Å². The Kier molecular flexibility index (Phi) is 9.16. The number of ether oxygens (including phenoxy) is 2. The van der Waals surface area contributed by atoms with E-state index >= 15 is 0 Å². The summed E-state index contributed by atoms with van der Waals surface area (Å²) in [6.07, 6.45) is 14.5. The molecule has 1 saturated carbocycles. The molecule has 2 heterocycles. The summed E-state index contributed by atoms with van der Waals surface area (Å²) >= 11 is 0. The molecule has 2 bridgehead atoms. The number of rotatable bonds is 14. The van der Waals surface area contributed by atoms with Crippen molar-refractivity contribution in [1.82, 2.24) is 9.80 Å². The number of carbonyl (C=O) groups is 1. The lowest BCUT2D eigenvalue weighted by molar-refractivity contribution is -0.132. The van der Waals surface area contributed by atoms with Gasteiger partial charge < -0.3 is 14.6 Å². The van der Waals surface area contributed by atoms with Gasteiger partial charge in [-0.05, 0) is 82.5 Å². The largest absolute Gasteiger partial charge is 0.508 e. The smallest absolute Gasteiger partial charge is 0.308 e. The Morgan fingerprint density at radius 3 is 2.72 bits per heavy atom. The van der Waals surface area contributed by atoms with E-state index < -0.39 is 0 Å². The molecule has 232 valence electrons. The maximum Gasteiger partial charge on any atom is 0.308 e. The SMILES string of the molecule is C=CCN1CC[C@]23c4c5c(O)cc(OC(C)=O)c4O[C@H]2[C@H](N(CCCC)CCCCCCc2ccccc2)CC[C@H]3[C@H]1C5. The summed E-state index contributed by atoms with van der Waals surface area (Å²) in [6.45, 7) is 11.8. The van der Waals surface area contributed by atoms with Crippen LogP contribution in [-0.4, -0.2) is 65.2 Å². The van der Waals surface area contributed by atoms with Crippen LogP contribution in [0.25, 0.3) is 0 Å². The summed E-state index contributed by atoms with van der Waals surface area (Å²) in [5.74, 6) is 1.41. The van der Waals surface area contributed by atoms with E-state index in [9.17, 15) is 9.90 Å². The maximum atomic E-state index is 12.1. The van der Waals surface area contributed by atoms with E-state index in [4.69, 9.17) is 9.47 Å². The Morgan fingerprint density at radius 1 is 1.16 bits per heavy atom. The molecule has 5 atom stereocenters. The molecule has 1 N–H and O–H groups in total. The van der Waals surface area contributed by atoms with Gasteiger partial charge in [-0.3, -0.25) is 14.6 Å². The quantitative estimate of drug-likeness (QED) is 0.114. The van der Waals surface area contributed by atoms with E-state index in [0.717, 1.165) is 75.2 Å². The van der Waals surface area contributed by atoms with Crippen LogP contribution in [-0.2, 0) is 23.1 Å². The number of phenols is 1. The second kappa shape index (κ2) is 13.0. The molecule has 2 aromatic rings.